The van der Waals surface area contributed by atoms with Crippen molar-refractivity contribution < 1.29 is 80.2 Å². The van der Waals surface area contributed by atoms with Crippen LogP contribution in [0, 0.1) is 17.8 Å². The number of rotatable bonds is 70. The van der Waals surface area contributed by atoms with E-state index in [4.69, 9.17) is 37.0 Å². The minimum Gasteiger partial charge on any atom is -0.462 e. The van der Waals surface area contributed by atoms with Crippen molar-refractivity contribution in [2.45, 2.75) is 369 Å². The van der Waals surface area contributed by atoms with Crippen LogP contribution in [-0.4, -0.2) is 96.7 Å². The van der Waals surface area contributed by atoms with Crippen LogP contribution >= 0.6 is 15.6 Å². The molecule has 0 aliphatic rings. The van der Waals surface area contributed by atoms with Gasteiger partial charge in [0.15, 0.2) is 12.2 Å². The van der Waals surface area contributed by atoms with Crippen LogP contribution in [-0.2, 0) is 65.4 Å². The monoisotopic (exact) mass is 1360 g/mol. The molecule has 548 valence electrons. The van der Waals surface area contributed by atoms with Crippen molar-refractivity contribution in [1.29, 1.82) is 0 Å². The number of ether oxygens (including phenoxy) is 4. The summed E-state index contributed by atoms with van der Waals surface area (Å²) in [6.45, 7) is 11.8. The third-order valence-electron chi connectivity index (χ3n) is 16.9. The molecular weight excluding hydrogens is 1220 g/mol. The highest BCUT2D eigenvalue weighted by molar-refractivity contribution is 7.47. The van der Waals surface area contributed by atoms with Crippen molar-refractivity contribution >= 4 is 39.5 Å². The second-order valence-electron chi connectivity index (χ2n) is 27.2. The number of allylic oxidation sites excluding steroid dienone is 4. The van der Waals surface area contributed by atoms with E-state index in [1.807, 2.05) is 0 Å². The minimum absolute atomic E-state index is 0.0846. The first-order chi connectivity index (χ1) is 44.8. The fourth-order valence-corrected chi connectivity index (χ4v) is 12.3. The van der Waals surface area contributed by atoms with Crippen molar-refractivity contribution in [2.75, 3.05) is 39.6 Å². The lowest BCUT2D eigenvalue weighted by atomic mass is 10.00. The molecule has 0 bridgehead atoms. The number of unbranched alkanes of at least 4 members (excludes halogenated alkanes) is 34. The lowest BCUT2D eigenvalue weighted by Gasteiger charge is -2.21. The van der Waals surface area contributed by atoms with E-state index in [9.17, 15) is 43.2 Å². The SMILES string of the molecule is CCCCCC/C=C\C=C/CCCCCCCC(=O)O[C@H](COC(=O)CCCCCCCCCCCCCCCC(C)C)COP(=O)(O)OC[C@@H](O)COP(=O)(O)OC[C@@H](COC(=O)CCCCCCCCC(C)CC)OC(=O)CCCCCCCCCCCC(C)C. The molecule has 0 spiro atoms. The van der Waals surface area contributed by atoms with Crippen molar-refractivity contribution in [3.05, 3.63) is 24.3 Å². The topological polar surface area (TPSA) is 237 Å². The van der Waals surface area contributed by atoms with Crippen LogP contribution in [0.4, 0.5) is 0 Å². The van der Waals surface area contributed by atoms with E-state index in [0.717, 1.165) is 127 Å². The fraction of sp³-hybridized carbons (Fsp3) is 0.892. The summed E-state index contributed by atoms with van der Waals surface area (Å²) in [6, 6.07) is 0. The number of phosphoric ester groups is 2. The molecule has 0 aromatic heterocycles. The maximum Gasteiger partial charge on any atom is 0.472 e. The maximum atomic E-state index is 13.1. The maximum absolute atomic E-state index is 13.1. The lowest BCUT2D eigenvalue weighted by molar-refractivity contribution is -0.161. The average Bonchev–Trinajstić information content (AvgIpc) is 2.93. The molecule has 0 heterocycles. The Kier molecular flexibility index (Phi) is 62.5. The summed E-state index contributed by atoms with van der Waals surface area (Å²) < 4.78 is 68.4. The van der Waals surface area contributed by atoms with E-state index in [-0.39, 0.29) is 25.7 Å². The van der Waals surface area contributed by atoms with Crippen LogP contribution < -0.4 is 0 Å². The quantitative estimate of drug-likeness (QED) is 0.0169. The van der Waals surface area contributed by atoms with E-state index in [0.29, 0.717) is 25.7 Å². The highest BCUT2D eigenvalue weighted by Crippen LogP contribution is 2.45. The molecule has 0 amide bonds. The van der Waals surface area contributed by atoms with Crippen LogP contribution in [0.2, 0.25) is 0 Å². The van der Waals surface area contributed by atoms with Crippen LogP contribution in [0.25, 0.3) is 0 Å². The lowest BCUT2D eigenvalue weighted by Crippen LogP contribution is -2.30. The molecule has 3 N–H and O–H groups in total. The highest BCUT2D eigenvalue weighted by atomic mass is 31.2. The van der Waals surface area contributed by atoms with E-state index < -0.39 is 97.5 Å². The molecule has 19 heteroatoms. The average molecular weight is 1360 g/mol. The van der Waals surface area contributed by atoms with Crippen molar-refractivity contribution in [2.24, 2.45) is 17.8 Å². The molecular formula is C74H140O17P2. The summed E-state index contributed by atoms with van der Waals surface area (Å²) in [5.74, 6) is 0.0999. The third-order valence-corrected chi connectivity index (χ3v) is 18.8. The summed E-state index contributed by atoms with van der Waals surface area (Å²) in [7, 11) is -9.92. The molecule has 0 radical (unpaired) electrons. The normalized spacial score (nSPS) is 14.6. The van der Waals surface area contributed by atoms with Crippen LogP contribution in [0.15, 0.2) is 24.3 Å². The number of carbonyl (C=O) groups is 4. The Labute approximate surface area is 567 Å². The summed E-state index contributed by atoms with van der Waals surface area (Å²) in [5.41, 5.74) is 0. The van der Waals surface area contributed by atoms with Gasteiger partial charge < -0.3 is 33.8 Å². The van der Waals surface area contributed by atoms with E-state index in [1.165, 1.54) is 141 Å². The molecule has 0 saturated carbocycles. The first kappa shape index (κ1) is 90.5. The predicted molar refractivity (Wildman–Crippen MR) is 377 cm³/mol. The highest BCUT2D eigenvalue weighted by Gasteiger charge is 2.30. The van der Waals surface area contributed by atoms with E-state index >= 15 is 0 Å². The molecule has 6 atom stereocenters. The molecule has 3 unspecified atom stereocenters. The Morgan fingerprint density at radius 3 is 0.957 bits per heavy atom. The molecule has 0 aromatic carbocycles. The smallest absolute Gasteiger partial charge is 0.462 e. The van der Waals surface area contributed by atoms with Crippen molar-refractivity contribution in [3.8, 4) is 0 Å². The van der Waals surface area contributed by atoms with Gasteiger partial charge in [0.25, 0.3) is 0 Å². The zero-order valence-corrected chi connectivity index (χ0v) is 62.0. The van der Waals surface area contributed by atoms with Gasteiger partial charge >= 0.3 is 39.5 Å². The summed E-state index contributed by atoms with van der Waals surface area (Å²) in [6.07, 6.45) is 52.2. The second-order valence-corrected chi connectivity index (χ2v) is 30.1. The molecule has 0 fully saturated rings. The van der Waals surface area contributed by atoms with Gasteiger partial charge in [0.1, 0.15) is 19.3 Å². The number of aliphatic hydroxyl groups excluding tert-OH is 1. The van der Waals surface area contributed by atoms with Gasteiger partial charge in [0.2, 0.25) is 0 Å². The first-order valence-corrected chi connectivity index (χ1v) is 40.7. The predicted octanol–water partition coefficient (Wildman–Crippen LogP) is 21.0. The van der Waals surface area contributed by atoms with Crippen molar-refractivity contribution in [1.82, 2.24) is 0 Å². The molecule has 0 saturated heterocycles. The number of carbonyl (C=O) groups excluding carboxylic acids is 4. The van der Waals surface area contributed by atoms with Crippen LogP contribution in [0.3, 0.4) is 0 Å². The standard InChI is InChI=1S/C74H140O17P2/c1-8-10-11-12-13-14-15-16-17-20-24-29-34-43-50-57-73(78)90-69(61-84-71(76)55-48-41-33-28-23-21-18-19-22-26-31-38-45-52-65(3)4)63-88-92(80,81)86-59-68(75)60-87-93(82,83)89-64-70(62-85-72(77)56-49-42-37-36-40-47-54-67(7)9-2)91-74(79)58-51-44-35-30-25-27-32-39-46-53-66(5)6/h14-17,65-70,75H,8-13,18-64H2,1-7H3,(H,80,81)(H,82,83)/b15-14-,17-16-/t67?,68-,69-,70-/m1/s1. The number of hydrogen-bond donors (Lipinski definition) is 3. The Bertz CT molecular complexity index is 1910. The summed E-state index contributed by atoms with van der Waals surface area (Å²) in [4.78, 5) is 72.7. The van der Waals surface area contributed by atoms with Crippen molar-refractivity contribution in [3.63, 3.8) is 0 Å². The van der Waals surface area contributed by atoms with Gasteiger partial charge in [-0.15, -0.1) is 0 Å². The molecule has 0 rings (SSSR count). The Balaban J connectivity index is 5.29. The van der Waals surface area contributed by atoms with Gasteiger partial charge in [-0.2, -0.15) is 0 Å². The Hall–Kier alpha value is -2.46. The van der Waals surface area contributed by atoms with Gasteiger partial charge in [-0.05, 0) is 69.1 Å². The number of aliphatic hydroxyl groups is 1. The largest absolute Gasteiger partial charge is 0.472 e. The molecule has 0 aliphatic heterocycles. The van der Waals surface area contributed by atoms with Crippen LogP contribution in [0.5, 0.6) is 0 Å². The van der Waals surface area contributed by atoms with Crippen LogP contribution in [0.1, 0.15) is 350 Å². The van der Waals surface area contributed by atoms with Gasteiger partial charge in [0.05, 0.1) is 26.4 Å². The third kappa shape index (κ3) is 66.6. The second kappa shape index (κ2) is 64.2. The molecule has 0 aromatic rings. The number of esters is 4. The Morgan fingerprint density at radius 2 is 0.634 bits per heavy atom. The number of phosphoric acid groups is 2. The molecule has 0 aliphatic carbocycles. The molecule has 93 heavy (non-hydrogen) atoms. The van der Waals surface area contributed by atoms with Gasteiger partial charge in [0, 0.05) is 25.7 Å². The van der Waals surface area contributed by atoms with Gasteiger partial charge in [-0.3, -0.25) is 37.3 Å². The summed E-state index contributed by atoms with van der Waals surface area (Å²) in [5, 5.41) is 10.6. The zero-order valence-electron chi connectivity index (χ0n) is 60.2. The summed E-state index contributed by atoms with van der Waals surface area (Å²) >= 11 is 0. The van der Waals surface area contributed by atoms with E-state index in [1.54, 1.807) is 0 Å². The van der Waals surface area contributed by atoms with Gasteiger partial charge in [-0.25, -0.2) is 9.13 Å². The van der Waals surface area contributed by atoms with E-state index in [2.05, 4.69) is 72.8 Å². The van der Waals surface area contributed by atoms with Gasteiger partial charge in [-0.1, -0.05) is 297 Å². The zero-order chi connectivity index (χ0) is 68.7. The minimum atomic E-state index is -4.96. The number of hydrogen-bond acceptors (Lipinski definition) is 15. The fourth-order valence-electron chi connectivity index (χ4n) is 10.7. The Morgan fingerprint density at radius 1 is 0.355 bits per heavy atom. The first-order valence-electron chi connectivity index (χ1n) is 37.7. The molecule has 17 nitrogen and oxygen atoms in total.